The van der Waals surface area contributed by atoms with E-state index in [-0.39, 0.29) is 0 Å². The van der Waals surface area contributed by atoms with Crippen molar-refractivity contribution in [2.75, 3.05) is 13.1 Å². The Bertz CT molecular complexity index is 712. The van der Waals surface area contributed by atoms with Gasteiger partial charge in [0, 0.05) is 12.1 Å². The molecule has 1 N–H and O–H groups in total. The van der Waals surface area contributed by atoms with Gasteiger partial charge in [-0.3, -0.25) is 0 Å². The molecule has 3 nitrogen and oxygen atoms in total. The summed E-state index contributed by atoms with van der Waals surface area (Å²) < 4.78 is 7.17. The first-order valence-corrected chi connectivity index (χ1v) is 8.03. The Morgan fingerprint density at radius 2 is 1.95 bits per heavy atom. The van der Waals surface area contributed by atoms with Gasteiger partial charge in [-0.15, -0.1) is 11.3 Å². The second-order valence-corrected chi connectivity index (χ2v) is 6.27. The van der Waals surface area contributed by atoms with E-state index < -0.39 is 0 Å². The molecule has 21 heavy (non-hydrogen) atoms. The molecule has 2 heterocycles. The normalized spacial score (nSPS) is 18.2. The lowest BCUT2D eigenvalue weighted by atomic mass is 10.2. The van der Waals surface area contributed by atoms with E-state index in [0.717, 1.165) is 41.3 Å². The first-order valence-electron chi connectivity index (χ1n) is 7.22. The number of hydrogen-bond acceptors (Lipinski definition) is 4. The highest BCUT2D eigenvalue weighted by Gasteiger charge is 2.15. The molecule has 2 aromatic carbocycles. The molecular formula is C17H16N2OS. The fourth-order valence-electron chi connectivity index (χ4n) is 2.59. The zero-order valence-electron chi connectivity index (χ0n) is 11.6. The average molecular weight is 296 g/mol. The van der Waals surface area contributed by atoms with Crippen molar-refractivity contribution in [3.63, 3.8) is 0 Å². The lowest BCUT2D eigenvalue weighted by Crippen LogP contribution is -2.19. The Labute approximate surface area is 127 Å². The van der Waals surface area contributed by atoms with E-state index in [1.807, 2.05) is 18.2 Å². The van der Waals surface area contributed by atoms with Crippen LogP contribution in [0.15, 0.2) is 48.5 Å². The maximum absolute atomic E-state index is 5.95. The summed E-state index contributed by atoms with van der Waals surface area (Å²) in [5.74, 6) is 0.938. The number of thiazole rings is 1. The zero-order valence-corrected chi connectivity index (χ0v) is 12.4. The van der Waals surface area contributed by atoms with Crippen molar-refractivity contribution in [2.24, 2.45) is 0 Å². The second kappa shape index (κ2) is 5.47. The zero-order chi connectivity index (χ0) is 14.1. The van der Waals surface area contributed by atoms with Crippen LogP contribution in [0.1, 0.15) is 6.42 Å². The molecule has 1 atom stereocenters. The largest absolute Gasteiger partial charge is 0.489 e. The molecular weight excluding hydrogens is 280 g/mol. The van der Waals surface area contributed by atoms with E-state index in [1.165, 1.54) is 4.70 Å². The van der Waals surface area contributed by atoms with Crippen molar-refractivity contribution in [1.29, 1.82) is 0 Å². The molecule has 0 aliphatic carbocycles. The predicted octanol–water partition coefficient (Wildman–Crippen LogP) is 3.70. The number of rotatable bonds is 3. The number of ether oxygens (including phenoxy) is 1. The van der Waals surface area contributed by atoms with Crippen LogP contribution in [0, 0.1) is 0 Å². The molecule has 1 aromatic heterocycles. The van der Waals surface area contributed by atoms with Crippen molar-refractivity contribution in [3.8, 4) is 16.3 Å². The number of nitrogens with zero attached hydrogens (tertiary/aromatic N) is 1. The Hall–Kier alpha value is -1.91. The first-order chi connectivity index (χ1) is 10.4. The van der Waals surface area contributed by atoms with Gasteiger partial charge in [0.1, 0.15) is 16.9 Å². The first kappa shape index (κ1) is 12.8. The van der Waals surface area contributed by atoms with Crippen molar-refractivity contribution in [1.82, 2.24) is 10.3 Å². The summed E-state index contributed by atoms with van der Waals surface area (Å²) in [6, 6.07) is 16.5. The molecule has 4 rings (SSSR count). The van der Waals surface area contributed by atoms with Crippen LogP contribution in [0.5, 0.6) is 5.75 Å². The van der Waals surface area contributed by atoms with E-state index in [9.17, 15) is 0 Å². The molecule has 1 saturated heterocycles. The summed E-state index contributed by atoms with van der Waals surface area (Å²) in [6.07, 6.45) is 1.39. The fraction of sp³-hybridized carbons (Fsp3) is 0.235. The lowest BCUT2D eigenvalue weighted by molar-refractivity contribution is 0.223. The summed E-state index contributed by atoms with van der Waals surface area (Å²) in [7, 11) is 0. The van der Waals surface area contributed by atoms with Crippen LogP contribution in [0.3, 0.4) is 0 Å². The van der Waals surface area contributed by atoms with Crippen LogP contribution < -0.4 is 10.1 Å². The van der Waals surface area contributed by atoms with Gasteiger partial charge < -0.3 is 10.1 Å². The average Bonchev–Trinajstić information content (AvgIpc) is 3.16. The molecule has 1 unspecified atom stereocenters. The summed E-state index contributed by atoms with van der Waals surface area (Å²) in [6.45, 7) is 1.99. The van der Waals surface area contributed by atoms with Gasteiger partial charge in [0.2, 0.25) is 0 Å². The predicted molar refractivity (Wildman–Crippen MR) is 87.0 cm³/mol. The third-order valence-corrected chi connectivity index (χ3v) is 4.80. The summed E-state index contributed by atoms with van der Waals surface area (Å²) in [5.41, 5.74) is 2.21. The standard InChI is InChI=1S/C17H16N2OS/c1-2-4-16-15(3-1)19-17(21-16)12-5-7-13(8-6-12)20-14-9-10-18-11-14/h1-8,14,18H,9-11H2. The number of benzene rings is 2. The summed E-state index contributed by atoms with van der Waals surface area (Å²) >= 11 is 1.73. The summed E-state index contributed by atoms with van der Waals surface area (Å²) in [5, 5.41) is 4.37. The van der Waals surface area contributed by atoms with Gasteiger partial charge in [-0.25, -0.2) is 4.98 Å². The minimum Gasteiger partial charge on any atom is -0.489 e. The Morgan fingerprint density at radius 3 is 2.71 bits per heavy atom. The molecule has 3 aromatic rings. The van der Waals surface area contributed by atoms with E-state index in [1.54, 1.807) is 11.3 Å². The Balaban J connectivity index is 1.57. The van der Waals surface area contributed by atoms with Crippen LogP contribution in [-0.4, -0.2) is 24.2 Å². The second-order valence-electron chi connectivity index (χ2n) is 5.24. The highest BCUT2D eigenvalue weighted by molar-refractivity contribution is 7.21. The minimum absolute atomic E-state index is 0.304. The molecule has 0 radical (unpaired) electrons. The van der Waals surface area contributed by atoms with Gasteiger partial charge in [-0.1, -0.05) is 12.1 Å². The van der Waals surface area contributed by atoms with E-state index >= 15 is 0 Å². The molecule has 0 bridgehead atoms. The number of aromatic nitrogens is 1. The smallest absolute Gasteiger partial charge is 0.124 e. The fourth-order valence-corrected chi connectivity index (χ4v) is 3.56. The van der Waals surface area contributed by atoms with E-state index in [0.29, 0.717) is 6.10 Å². The van der Waals surface area contributed by atoms with Gasteiger partial charge in [-0.2, -0.15) is 0 Å². The SMILES string of the molecule is c1ccc2sc(-c3ccc(OC4CCNC4)cc3)nc2c1. The van der Waals surface area contributed by atoms with Crippen molar-refractivity contribution in [2.45, 2.75) is 12.5 Å². The van der Waals surface area contributed by atoms with E-state index in [2.05, 4.69) is 40.6 Å². The molecule has 4 heteroatoms. The topological polar surface area (TPSA) is 34.1 Å². The van der Waals surface area contributed by atoms with E-state index in [4.69, 9.17) is 4.74 Å². The van der Waals surface area contributed by atoms with Crippen LogP contribution in [-0.2, 0) is 0 Å². The lowest BCUT2D eigenvalue weighted by Gasteiger charge is -2.12. The highest BCUT2D eigenvalue weighted by Crippen LogP contribution is 2.31. The maximum Gasteiger partial charge on any atom is 0.124 e. The number of fused-ring (bicyclic) bond motifs is 1. The summed E-state index contributed by atoms with van der Waals surface area (Å²) in [4.78, 5) is 4.68. The van der Waals surface area contributed by atoms with Crippen LogP contribution in [0.2, 0.25) is 0 Å². The third kappa shape index (κ3) is 2.64. The van der Waals surface area contributed by atoms with Crippen LogP contribution >= 0.6 is 11.3 Å². The van der Waals surface area contributed by atoms with Crippen molar-refractivity contribution in [3.05, 3.63) is 48.5 Å². The molecule has 0 spiro atoms. The van der Waals surface area contributed by atoms with Gasteiger partial charge in [0.15, 0.2) is 0 Å². The number of nitrogens with one attached hydrogen (secondary N) is 1. The molecule has 0 amide bonds. The molecule has 1 fully saturated rings. The maximum atomic E-state index is 5.95. The molecule has 1 aliphatic heterocycles. The molecule has 106 valence electrons. The van der Waals surface area contributed by atoms with Gasteiger partial charge in [0.25, 0.3) is 0 Å². The Kier molecular flexibility index (Phi) is 3.33. The number of para-hydroxylation sites is 1. The van der Waals surface area contributed by atoms with Crippen LogP contribution in [0.25, 0.3) is 20.8 Å². The third-order valence-electron chi connectivity index (χ3n) is 3.71. The van der Waals surface area contributed by atoms with Crippen molar-refractivity contribution < 1.29 is 4.74 Å². The quantitative estimate of drug-likeness (QED) is 0.800. The van der Waals surface area contributed by atoms with Crippen LogP contribution in [0.4, 0.5) is 0 Å². The molecule has 0 saturated carbocycles. The monoisotopic (exact) mass is 296 g/mol. The van der Waals surface area contributed by atoms with Crippen molar-refractivity contribution >= 4 is 21.6 Å². The Morgan fingerprint density at radius 1 is 1.10 bits per heavy atom. The minimum atomic E-state index is 0.304. The molecule has 1 aliphatic rings. The van der Waals surface area contributed by atoms with Gasteiger partial charge in [0.05, 0.1) is 10.2 Å². The highest BCUT2D eigenvalue weighted by atomic mass is 32.1. The van der Waals surface area contributed by atoms with Gasteiger partial charge in [-0.05, 0) is 49.4 Å². The number of hydrogen-bond donors (Lipinski definition) is 1. The van der Waals surface area contributed by atoms with Gasteiger partial charge >= 0.3 is 0 Å².